The van der Waals surface area contributed by atoms with Crippen LogP contribution in [0.3, 0.4) is 0 Å². The van der Waals surface area contributed by atoms with Gasteiger partial charge in [-0.25, -0.2) is 0 Å². The first-order valence-electron chi connectivity index (χ1n) is 8.43. The molecule has 2 heterocycles. The van der Waals surface area contributed by atoms with Crippen molar-refractivity contribution in [3.8, 4) is 17.1 Å². The van der Waals surface area contributed by atoms with Crippen LogP contribution in [-0.2, 0) is 0 Å². The van der Waals surface area contributed by atoms with Crippen LogP contribution in [-0.4, -0.2) is 22.8 Å². The Kier molecular flexibility index (Phi) is 4.66. The van der Waals surface area contributed by atoms with E-state index in [1.165, 1.54) is 0 Å². The number of rotatable bonds is 5. The topological polar surface area (TPSA) is 60.2 Å². The highest BCUT2D eigenvalue weighted by atomic mass is 16.5. The third-order valence-corrected chi connectivity index (χ3v) is 4.41. The molecule has 1 saturated heterocycles. The monoisotopic (exact) mass is 315 g/mol. The van der Waals surface area contributed by atoms with Gasteiger partial charge in [-0.15, -0.1) is 0 Å². The zero-order valence-corrected chi connectivity index (χ0v) is 14.3. The molecule has 2 unspecified atom stereocenters. The summed E-state index contributed by atoms with van der Waals surface area (Å²) in [4.78, 5) is 4.57. The maximum absolute atomic E-state index is 6.03. The average Bonchev–Trinajstić information content (AvgIpc) is 3.20. The first kappa shape index (κ1) is 16.0. The van der Waals surface area contributed by atoms with Crippen molar-refractivity contribution in [3.63, 3.8) is 0 Å². The molecule has 5 nitrogen and oxygen atoms in total. The smallest absolute Gasteiger partial charge is 0.244 e. The summed E-state index contributed by atoms with van der Waals surface area (Å²) in [7, 11) is 0. The molecule has 1 fully saturated rings. The van der Waals surface area contributed by atoms with Crippen LogP contribution in [0, 0.1) is 13.8 Å². The van der Waals surface area contributed by atoms with E-state index in [4.69, 9.17) is 9.26 Å². The van der Waals surface area contributed by atoms with Crippen molar-refractivity contribution in [2.45, 2.75) is 59.1 Å². The summed E-state index contributed by atoms with van der Waals surface area (Å²) < 4.78 is 11.5. The summed E-state index contributed by atoms with van der Waals surface area (Å²) >= 11 is 0. The van der Waals surface area contributed by atoms with E-state index in [0.29, 0.717) is 11.7 Å². The van der Waals surface area contributed by atoms with Gasteiger partial charge in [-0.05, 0) is 69.8 Å². The molecule has 0 amide bonds. The van der Waals surface area contributed by atoms with E-state index >= 15 is 0 Å². The summed E-state index contributed by atoms with van der Waals surface area (Å²) in [5, 5.41) is 7.53. The maximum atomic E-state index is 6.03. The fourth-order valence-corrected chi connectivity index (χ4v) is 2.94. The van der Waals surface area contributed by atoms with E-state index in [-0.39, 0.29) is 12.1 Å². The van der Waals surface area contributed by atoms with E-state index in [0.717, 1.165) is 48.2 Å². The van der Waals surface area contributed by atoms with Crippen LogP contribution in [0.1, 0.15) is 56.2 Å². The molecule has 0 bridgehead atoms. The highest BCUT2D eigenvalue weighted by molar-refractivity contribution is 5.61. The van der Waals surface area contributed by atoms with Gasteiger partial charge in [0, 0.05) is 5.56 Å². The van der Waals surface area contributed by atoms with Crippen molar-refractivity contribution < 1.29 is 9.26 Å². The molecule has 1 aliphatic heterocycles. The number of aryl methyl sites for hydroxylation is 2. The largest absolute Gasteiger partial charge is 0.490 e. The zero-order chi connectivity index (χ0) is 16.4. The van der Waals surface area contributed by atoms with Crippen LogP contribution in [0.2, 0.25) is 0 Å². The molecule has 0 saturated carbocycles. The summed E-state index contributed by atoms with van der Waals surface area (Å²) in [5.74, 6) is 2.30. The van der Waals surface area contributed by atoms with Crippen LogP contribution in [0.5, 0.6) is 5.75 Å². The van der Waals surface area contributed by atoms with Gasteiger partial charge in [-0.2, -0.15) is 4.98 Å². The van der Waals surface area contributed by atoms with Crippen LogP contribution in [0.4, 0.5) is 0 Å². The second-order valence-electron chi connectivity index (χ2n) is 6.38. The Morgan fingerprint density at radius 3 is 2.70 bits per heavy atom. The maximum Gasteiger partial charge on any atom is 0.244 e. The van der Waals surface area contributed by atoms with E-state index < -0.39 is 0 Å². The van der Waals surface area contributed by atoms with Gasteiger partial charge in [0.2, 0.25) is 11.7 Å². The SMILES string of the molecule is CCC(C)Oc1c(C)cc(-c2noc(C3CCCN3)n2)cc1C. The summed E-state index contributed by atoms with van der Waals surface area (Å²) in [5.41, 5.74) is 3.18. The van der Waals surface area contributed by atoms with E-state index in [2.05, 4.69) is 55.3 Å². The third kappa shape index (κ3) is 3.39. The molecular formula is C18H25N3O2. The minimum atomic E-state index is 0.200. The second kappa shape index (κ2) is 6.71. The molecule has 1 aromatic carbocycles. The molecule has 1 aromatic heterocycles. The van der Waals surface area contributed by atoms with Gasteiger partial charge in [0.15, 0.2) is 0 Å². The lowest BCUT2D eigenvalue weighted by molar-refractivity contribution is 0.214. The second-order valence-corrected chi connectivity index (χ2v) is 6.38. The molecule has 23 heavy (non-hydrogen) atoms. The Bertz CT molecular complexity index is 652. The molecule has 0 spiro atoms. The van der Waals surface area contributed by atoms with Gasteiger partial charge >= 0.3 is 0 Å². The summed E-state index contributed by atoms with van der Waals surface area (Å²) in [6.45, 7) is 9.36. The predicted molar refractivity (Wildman–Crippen MR) is 89.6 cm³/mol. The van der Waals surface area contributed by atoms with Gasteiger partial charge in [0.1, 0.15) is 5.75 Å². The molecule has 0 aliphatic carbocycles. The number of benzene rings is 1. The van der Waals surface area contributed by atoms with Crippen LogP contribution >= 0.6 is 0 Å². The first-order chi connectivity index (χ1) is 11.1. The normalized spacial score (nSPS) is 19.0. The Balaban J connectivity index is 1.86. The summed E-state index contributed by atoms with van der Waals surface area (Å²) in [6.07, 6.45) is 3.41. The Labute approximate surface area is 137 Å². The van der Waals surface area contributed by atoms with E-state index in [1.54, 1.807) is 0 Å². The third-order valence-electron chi connectivity index (χ3n) is 4.41. The van der Waals surface area contributed by atoms with Crippen molar-refractivity contribution in [1.29, 1.82) is 0 Å². The van der Waals surface area contributed by atoms with Crippen LogP contribution < -0.4 is 10.1 Å². The van der Waals surface area contributed by atoms with Crippen LogP contribution in [0.15, 0.2) is 16.7 Å². The standard InChI is InChI=1S/C18H25N3O2/c1-5-13(4)22-16-11(2)9-14(10-12(16)3)17-20-18(23-21-17)15-7-6-8-19-15/h9-10,13,15,19H,5-8H2,1-4H3. The van der Waals surface area contributed by atoms with Gasteiger partial charge < -0.3 is 14.6 Å². The highest BCUT2D eigenvalue weighted by Gasteiger charge is 2.23. The Morgan fingerprint density at radius 1 is 1.35 bits per heavy atom. The first-order valence-corrected chi connectivity index (χ1v) is 8.43. The number of ether oxygens (including phenoxy) is 1. The number of hydrogen-bond donors (Lipinski definition) is 1. The molecule has 2 aromatic rings. The fourth-order valence-electron chi connectivity index (χ4n) is 2.94. The highest BCUT2D eigenvalue weighted by Crippen LogP contribution is 2.31. The predicted octanol–water partition coefficient (Wildman–Crippen LogP) is 3.96. The van der Waals surface area contributed by atoms with Gasteiger partial charge in [0.25, 0.3) is 0 Å². The van der Waals surface area contributed by atoms with Crippen molar-refractivity contribution in [1.82, 2.24) is 15.5 Å². The molecule has 124 valence electrons. The molecule has 1 N–H and O–H groups in total. The molecule has 0 radical (unpaired) electrons. The fraction of sp³-hybridized carbons (Fsp3) is 0.556. The number of nitrogens with zero attached hydrogens (tertiary/aromatic N) is 2. The van der Waals surface area contributed by atoms with Gasteiger partial charge in [0.05, 0.1) is 12.1 Å². The number of aromatic nitrogens is 2. The zero-order valence-electron chi connectivity index (χ0n) is 14.3. The molecule has 2 atom stereocenters. The quantitative estimate of drug-likeness (QED) is 0.905. The van der Waals surface area contributed by atoms with Gasteiger partial charge in [-0.3, -0.25) is 0 Å². The van der Waals surface area contributed by atoms with Gasteiger partial charge in [-0.1, -0.05) is 12.1 Å². The lowest BCUT2D eigenvalue weighted by Crippen LogP contribution is -2.13. The lowest BCUT2D eigenvalue weighted by Gasteiger charge is -2.17. The number of hydrogen-bond acceptors (Lipinski definition) is 5. The molecule has 1 aliphatic rings. The van der Waals surface area contributed by atoms with Crippen molar-refractivity contribution >= 4 is 0 Å². The average molecular weight is 315 g/mol. The molecular weight excluding hydrogens is 290 g/mol. The van der Waals surface area contributed by atoms with Crippen molar-refractivity contribution in [2.24, 2.45) is 0 Å². The van der Waals surface area contributed by atoms with Crippen LogP contribution in [0.25, 0.3) is 11.4 Å². The number of nitrogens with one attached hydrogen (secondary N) is 1. The summed E-state index contributed by atoms with van der Waals surface area (Å²) in [6, 6.07) is 4.34. The van der Waals surface area contributed by atoms with E-state index in [1.807, 2.05) is 0 Å². The Hall–Kier alpha value is -1.88. The van der Waals surface area contributed by atoms with Crippen molar-refractivity contribution in [3.05, 3.63) is 29.2 Å². The molecule has 5 heteroatoms. The minimum Gasteiger partial charge on any atom is -0.490 e. The van der Waals surface area contributed by atoms with Crippen molar-refractivity contribution in [2.75, 3.05) is 6.54 Å². The van der Waals surface area contributed by atoms with E-state index in [9.17, 15) is 0 Å². The Morgan fingerprint density at radius 2 is 2.09 bits per heavy atom. The minimum absolute atomic E-state index is 0.200. The lowest BCUT2D eigenvalue weighted by atomic mass is 10.0. The molecule has 3 rings (SSSR count).